The molecule has 7 heteroatoms. The zero-order chi connectivity index (χ0) is 19.9. The predicted octanol–water partition coefficient (Wildman–Crippen LogP) is 1.87. The van der Waals surface area contributed by atoms with Crippen molar-refractivity contribution in [3.63, 3.8) is 0 Å². The number of nitrogens with one attached hydrogen (secondary N) is 1. The minimum absolute atomic E-state index is 0.0602. The van der Waals surface area contributed by atoms with Crippen molar-refractivity contribution in [3.8, 4) is 0 Å². The second-order valence-corrected chi connectivity index (χ2v) is 8.50. The lowest BCUT2D eigenvalue weighted by atomic mass is 9.94. The van der Waals surface area contributed by atoms with Gasteiger partial charge in [0, 0.05) is 19.1 Å². The highest BCUT2D eigenvalue weighted by Gasteiger charge is 2.48. The molecular weight excluding hydrogens is 354 g/mol. The molecule has 0 bridgehead atoms. The Balaban J connectivity index is 1.72. The predicted molar refractivity (Wildman–Crippen MR) is 108 cm³/mol. The number of likely N-dealkylation sites (N-methyl/N-ethyl adjacent to an activating group) is 1. The van der Waals surface area contributed by atoms with E-state index in [0.717, 1.165) is 36.7 Å². The normalized spacial score (nSPS) is 22.9. The zero-order valence-electron chi connectivity index (χ0n) is 16.9. The van der Waals surface area contributed by atoms with Gasteiger partial charge in [0.2, 0.25) is 5.91 Å². The first-order chi connectivity index (χ1) is 13.4. The fourth-order valence-electron chi connectivity index (χ4n) is 4.39. The summed E-state index contributed by atoms with van der Waals surface area (Å²) in [6, 6.07) is 7.95. The number of imidazole rings is 1. The van der Waals surface area contributed by atoms with Gasteiger partial charge in [-0.15, -0.1) is 0 Å². The number of hydrogen-bond donors (Lipinski definition) is 1. The van der Waals surface area contributed by atoms with Crippen LogP contribution in [0.5, 0.6) is 0 Å². The molecule has 1 saturated carbocycles. The van der Waals surface area contributed by atoms with Gasteiger partial charge < -0.3 is 19.7 Å². The second-order valence-electron chi connectivity index (χ2n) is 8.50. The number of nitrogens with zero attached hydrogens (tertiary/aromatic N) is 4. The van der Waals surface area contributed by atoms with E-state index >= 15 is 0 Å². The first-order valence-corrected chi connectivity index (χ1v) is 10.1. The quantitative estimate of drug-likeness (QED) is 0.856. The van der Waals surface area contributed by atoms with Crippen LogP contribution in [0.1, 0.15) is 43.2 Å². The molecule has 2 amide bonds. The van der Waals surface area contributed by atoms with Crippen molar-refractivity contribution < 1.29 is 9.59 Å². The number of carbonyl (C=O) groups is 2. The summed E-state index contributed by atoms with van der Waals surface area (Å²) < 4.78 is 1.91. The first-order valence-electron chi connectivity index (χ1n) is 10.1. The summed E-state index contributed by atoms with van der Waals surface area (Å²) in [5.41, 5.74) is 0.753. The maximum absolute atomic E-state index is 13.4. The molecule has 0 radical (unpaired) electrons. The maximum Gasteiger partial charge on any atom is 0.290 e. The van der Waals surface area contributed by atoms with Crippen molar-refractivity contribution in [2.75, 3.05) is 27.2 Å². The summed E-state index contributed by atoms with van der Waals surface area (Å²) in [5.74, 6) is 0.189. The molecule has 150 valence electrons. The van der Waals surface area contributed by atoms with E-state index in [-0.39, 0.29) is 17.9 Å². The molecule has 0 spiro atoms. The van der Waals surface area contributed by atoms with E-state index < -0.39 is 5.54 Å². The third-order valence-corrected chi connectivity index (χ3v) is 6.10. The van der Waals surface area contributed by atoms with E-state index in [9.17, 15) is 9.59 Å². The van der Waals surface area contributed by atoms with Gasteiger partial charge in [-0.2, -0.15) is 0 Å². The number of aromatic nitrogens is 2. The van der Waals surface area contributed by atoms with Crippen LogP contribution in [0.25, 0.3) is 11.0 Å². The third kappa shape index (κ3) is 3.17. The van der Waals surface area contributed by atoms with Gasteiger partial charge in [0.1, 0.15) is 5.54 Å². The summed E-state index contributed by atoms with van der Waals surface area (Å²) in [6.07, 6.45) is 4.35. The van der Waals surface area contributed by atoms with Gasteiger partial charge in [-0.1, -0.05) is 25.0 Å². The van der Waals surface area contributed by atoms with E-state index in [1.807, 2.05) is 54.8 Å². The minimum Gasteiger partial charge on any atom is -0.351 e. The van der Waals surface area contributed by atoms with Gasteiger partial charge in [0.05, 0.1) is 17.6 Å². The van der Waals surface area contributed by atoms with E-state index in [2.05, 4.69) is 10.3 Å². The number of para-hydroxylation sites is 2. The molecule has 2 aliphatic rings. The zero-order valence-corrected chi connectivity index (χ0v) is 16.9. The highest BCUT2D eigenvalue weighted by Crippen LogP contribution is 2.31. The molecule has 1 aliphatic carbocycles. The lowest BCUT2D eigenvalue weighted by Crippen LogP contribution is -2.65. The SMILES string of the molecule is CN(C)CCN1C(=O)c2nc3ccccc3n2C[C@@]1(C)C(=O)NC1CCCC1. The molecule has 2 aromatic rings. The van der Waals surface area contributed by atoms with Crippen molar-refractivity contribution in [1.82, 2.24) is 24.7 Å². The van der Waals surface area contributed by atoms with Crippen LogP contribution in [0.3, 0.4) is 0 Å². The van der Waals surface area contributed by atoms with Crippen molar-refractivity contribution >= 4 is 22.8 Å². The Morgan fingerprint density at radius 2 is 2.00 bits per heavy atom. The lowest BCUT2D eigenvalue weighted by molar-refractivity contribution is -0.133. The van der Waals surface area contributed by atoms with Crippen LogP contribution in [0.2, 0.25) is 0 Å². The molecule has 1 aromatic heterocycles. The molecule has 7 nitrogen and oxygen atoms in total. The lowest BCUT2D eigenvalue weighted by Gasteiger charge is -2.44. The van der Waals surface area contributed by atoms with E-state index in [1.54, 1.807) is 4.90 Å². The molecule has 1 atom stereocenters. The Morgan fingerprint density at radius 3 is 2.71 bits per heavy atom. The average molecular weight is 383 g/mol. The summed E-state index contributed by atoms with van der Waals surface area (Å²) in [4.78, 5) is 35.1. The molecule has 0 unspecified atom stereocenters. The monoisotopic (exact) mass is 383 g/mol. The molecular formula is C21H29N5O2. The summed E-state index contributed by atoms with van der Waals surface area (Å²) >= 11 is 0. The van der Waals surface area contributed by atoms with Crippen molar-refractivity contribution in [2.24, 2.45) is 0 Å². The van der Waals surface area contributed by atoms with Crippen LogP contribution < -0.4 is 5.32 Å². The molecule has 4 rings (SSSR count). The van der Waals surface area contributed by atoms with Crippen molar-refractivity contribution in [2.45, 2.75) is 50.7 Å². The number of hydrogen-bond acceptors (Lipinski definition) is 4. The Labute approximate surface area is 165 Å². The smallest absolute Gasteiger partial charge is 0.290 e. The van der Waals surface area contributed by atoms with E-state index in [0.29, 0.717) is 25.5 Å². The summed E-state index contributed by atoms with van der Waals surface area (Å²) in [5, 5.41) is 3.22. The topological polar surface area (TPSA) is 70.5 Å². The largest absolute Gasteiger partial charge is 0.351 e. The van der Waals surface area contributed by atoms with Crippen LogP contribution in [-0.2, 0) is 11.3 Å². The maximum atomic E-state index is 13.4. The fourth-order valence-corrected chi connectivity index (χ4v) is 4.39. The van der Waals surface area contributed by atoms with Gasteiger partial charge in [-0.05, 0) is 46.0 Å². The molecule has 28 heavy (non-hydrogen) atoms. The average Bonchev–Trinajstić information content (AvgIpc) is 3.29. The molecule has 1 N–H and O–H groups in total. The number of benzene rings is 1. The van der Waals surface area contributed by atoms with Crippen LogP contribution in [0.4, 0.5) is 0 Å². The number of rotatable bonds is 5. The Bertz CT molecular complexity index is 899. The number of amides is 2. The molecule has 1 fully saturated rings. The van der Waals surface area contributed by atoms with Gasteiger partial charge in [0.15, 0.2) is 5.82 Å². The van der Waals surface area contributed by atoms with Crippen LogP contribution in [-0.4, -0.2) is 69.9 Å². The minimum atomic E-state index is -0.938. The van der Waals surface area contributed by atoms with Crippen LogP contribution in [0, 0.1) is 0 Å². The number of carbonyl (C=O) groups excluding carboxylic acids is 2. The van der Waals surface area contributed by atoms with E-state index in [1.165, 1.54) is 0 Å². The Hall–Kier alpha value is -2.41. The number of fused-ring (bicyclic) bond motifs is 3. The standard InChI is InChI=1S/C21H29N5O2/c1-21(20(28)22-15-8-4-5-9-15)14-25-17-11-7-6-10-16(17)23-18(25)19(27)26(21)13-12-24(2)3/h6-7,10-11,15H,4-5,8-9,12-14H2,1-3H3,(H,22,28)/t21-/m0/s1. The van der Waals surface area contributed by atoms with Gasteiger partial charge in [-0.25, -0.2) is 4.98 Å². The molecule has 2 heterocycles. The van der Waals surface area contributed by atoms with Crippen molar-refractivity contribution in [1.29, 1.82) is 0 Å². The van der Waals surface area contributed by atoms with E-state index in [4.69, 9.17) is 0 Å². The second kappa shape index (κ2) is 7.20. The van der Waals surface area contributed by atoms with Crippen LogP contribution in [0.15, 0.2) is 24.3 Å². The molecule has 1 aliphatic heterocycles. The van der Waals surface area contributed by atoms with Crippen LogP contribution >= 0.6 is 0 Å². The Kier molecular flexibility index (Phi) is 4.87. The highest BCUT2D eigenvalue weighted by molar-refractivity contribution is 6.01. The molecule has 1 aromatic carbocycles. The third-order valence-electron chi connectivity index (χ3n) is 6.10. The van der Waals surface area contributed by atoms with Gasteiger partial charge in [0.25, 0.3) is 5.91 Å². The van der Waals surface area contributed by atoms with Gasteiger partial charge in [-0.3, -0.25) is 9.59 Å². The van der Waals surface area contributed by atoms with Gasteiger partial charge >= 0.3 is 0 Å². The highest BCUT2D eigenvalue weighted by atomic mass is 16.2. The first kappa shape index (κ1) is 18.9. The van der Waals surface area contributed by atoms with Crippen molar-refractivity contribution in [3.05, 3.63) is 30.1 Å². The Morgan fingerprint density at radius 1 is 1.29 bits per heavy atom. The summed E-state index contributed by atoms with van der Waals surface area (Å²) in [7, 11) is 3.94. The summed E-state index contributed by atoms with van der Waals surface area (Å²) in [6.45, 7) is 3.49. The molecule has 0 saturated heterocycles. The fraction of sp³-hybridized carbons (Fsp3) is 0.571.